The van der Waals surface area contributed by atoms with Crippen LogP contribution in [0.2, 0.25) is 0 Å². The van der Waals surface area contributed by atoms with Crippen LogP contribution in [0.25, 0.3) is 16.9 Å². The van der Waals surface area contributed by atoms with Crippen molar-refractivity contribution in [3.63, 3.8) is 0 Å². The summed E-state index contributed by atoms with van der Waals surface area (Å²) >= 11 is 0. The molecule has 5 rings (SSSR count). The van der Waals surface area contributed by atoms with Crippen molar-refractivity contribution in [1.82, 2.24) is 34.8 Å². The highest BCUT2D eigenvalue weighted by Crippen LogP contribution is 2.29. The van der Waals surface area contributed by atoms with Crippen molar-refractivity contribution in [2.45, 2.75) is 26.4 Å². The molecule has 0 atom stereocenters. The number of likely N-dealkylation sites (N-methyl/N-ethyl adjacent to an activating group) is 1. The highest BCUT2D eigenvalue weighted by atomic mass is 19.4. The first-order valence-electron chi connectivity index (χ1n) is 12.6. The van der Waals surface area contributed by atoms with Crippen LogP contribution in [0.5, 0.6) is 0 Å². The highest BCUT2D eigenvalue weighted by Gasteiger charge is 2.31. The summed E-state index contributed by atoms with van der Waals surface area (Å²) in [6.45, 7) is 8.88. The van der Waals surface area contributed by atoms with E-state index in [-0.39, 0.29) is 12.1 Å². The highest BCUT2D eigenvalue weighted by molar-refractivity contribution is 5.95. The van der Waals surface area contributed by atoms with Gasteiger partial charge in [0, 0.05) is 56.8 Å². The predicted molar refractivity (Wildman–Crippen MR) is 139 cm³/mol. The Kier molecular flexibility index (Phi) is 7.38. The number of nitrogens with zero attached hydrogens (tertiary/aromatic N) is 8. The molecule has 1 fully saturated rings. The standard InChI is InChI=1S/C27H27F3N8O/c1-3-36-6-8-37(9-7-36)22-12-20(15-31-16-22)24-17-38(35-34-24)25-10-19(14-33-18(25)2)11-26(39)23-13-21(4-5-32-23)27(28,29)30/h4-5,10,12-17H,3,6-9,11H2,1-2H3. The van der Waals surface area contributed by atoms with Gasteiger partial charge in [0.2, 0.25) is 0 Å². The number of Topliss-reactive ketones (excluding diaryl/α,β-unsaturated/α-hetero) is 1. The topological polar surface area (TPSA) is 92.9 Å². The quantitative estimate of drug-likeness (QED) is 0.327. The van der Waals surface area contributed by atoms with Crippen molar-refractivity contribution in [3.05, 3.63) is 77.8 Å². The Morgan fingerprint density at radius 1 is 1.03 bits per heavy atom. The Bertz CT molecular complexity index is 1480. The normalized spacial score (nSPS) is 14.5. The van der Waals surface area contributed by atoms with E-state index in [9.17, 15) is 18.0 Å². The van der Waals surface area contributed by atoms with Crippen molar-refractivity contribution in [1.29, 1.82) is 0 Å². The van der Waals surface area contributed by atoms with Crippen molar-refractivity contribution < 1.29 is 18.0 Å². The maximum absolute atomic E-state index is 13.0. The van der Waals surface area contributed by atoms with Gasteiger partial charge in [-0.25, -0.2) is 4.68 Å². The van der Waals surface area contributed by atoms with Gasteiger partial charge < -0.3 is 9.80 Å². The molecule has 0 saturated carbocycles. The molecule has 4 aromatic rings. The van der Waals surface area contributed by atoms with Crippen LogP contribution in [0.3, 0.4) is 0 Å². The maximum Gasteiger partial charge on any atom is 0.416 e. The second kappa shape index (κ2) is 10.9. The summed E-state index contributed by atoms with van der Waals surface area (Å²) in [5, 5.41) is 8.58. The monoisotopic (exact) mass is 536 g/mol. The number of alkyl halides is 3. The molecule has 4 aromatic heterocycles. The van der Waals surface area contributed by atoms with Crippen molar-refractivity contribution in [3.8, 4) is 16.9 Å². The molecule has 12 heteroatoms. The summed E-state index contributed by atoms with van der Waals surface area (Å²) in [5.41, 5.74) is 3.09. The van der Waals surface area contributed by atoms with Crippen LogP contribution in [0.15, 0.2) is 55.2 Å². The minimum Gasteiger partial charge on any atom is -0.368 e. The van der Waals surface area contributed by atoms with Crippen LogP contribution in [0, 0.1) is 6.92 Å². The number of carbonyl (C=O) groups is 1. The Morgan fingerprint density at radius 2 is 1.82 bits per heavy atom. The third kappa shape index (κ3) is 5.95. The molecule has 0 unspecified atom stereocenters. The molecule has 0 N–H and O–H groups in total. The zero-order valence-corrected chi connectivity index (χ0v) is 21.6. The first-order chi connectivity index (χ1) is 18.7. The average molecular weight is 537 g/mol. The van der Waals surface area contributed by atoms with E-state index >= 15 is 0 Å². The molecule has 9 nitrogen and oxygen atoms in total. The number of anilines is 1. The summed E-state index contributed by atoms with van der Waals surface area (Å²) in [7, 11) is 0. The lowest BCUT2D eigenvalue weighted by molar-refractivity contribution is -0.137. The fraction of sp³-hybridized carbons (Fsp3) is 0.333. The van der Waals surface area contributed by atoms with Crippen LogP contribution in [-0.2, 0) is 12.6 Å². The third-order valence-corrected chi connectivity index (χ3v) is 6.80. The summed E-state index contributed by atoms with van der Waals surface area (Å²) in [5.74, 6) is -0.542. The predicted octanol–water partition coefficient (Wildman–Crippen LogP) is 4.01. The van der Waals surface area contributed by atoms with E-state index in [0.717, 1.165) is 62.3 Å². The Labute approximate surface area is 223 Å². The summed E-state index contributed by atoms with van der Waals surface area (Å²) in [6.07, 6.45) is 3.15. The number of aromatic nitrogens is 6. The number of hydrogen-bond donors (Lipinski definition) is 0. The molecule has 1 aliphatic rings. The molecular formula is C27H27F3N8O. The molecule has 0 bridgehead atoms. The van der Waals surface area contributed by atoms with E-state index in [0.29, 0.717) is 22.6 Å². The molecule has 0 radical (unpaired) electrons. The number of hydrogen-bond acceptors (Lipinski definition) is 8. The van der Waals surface area contributed by atoms with Gasteiger partial charge in [0.25, 0.3) is 0 Å². The fourth-order valence-electron chi connectivity index (χ4n) is 4.50. The van der Waals surface area contributed by atoms with Crippen LogP contribution in [-0.4, -0.2) is 73.4 Å². The number of rotatable bonds is 7. The molecule has 0 aromatic carbocycles. The average Bonchev–Trinajstić information content (AvgIpc) is 3.44. The number of ketones is 1. The van der Waals surface area contributed by atoms with E-state index < -0.39 is 17.5 Å². The summed E-state index contributed by atoms with van der Waals surface area (Å²) in [4.78, 5) is 30.0. The van der Waals surface area contributed by atoms with E-state index in [1.807, 2.05) is 12.3 Å². The Balaban J connectivity index is 1.34. The first-order valence-corrected chi connectivity index (χ1v) is 12.6. The SMILES string of the molecule is CCN1CCN(c2cncc(-c3cn(-c4cc(CC(=O)c5cc(C(F)(F)F)ccn5)cnc4C)nn3)c2)CC1. The van der Waals surface area contributed by atoms with Gasteiger partial charge in [0.15, 0.2) is 5.78 Å². The molecule has 1 saturated heterocycles. The zero-order chi connectivity index (χ0) is 27.6. The van der Waals surface area contributed by atoms with Crippen LogP contribution in [0.4, 0.5) is 18.9 Å². The smallest absolute Gasteiger partial charge is 0.368 e. The second-order valence-corrected chi connectivity index (χ2v) is 9.38. The number of aryl methyl sites for hydroxylation is 1. The van der Waals surface area contributed by atoms with E-state index in [4.69, 9.17) is 0 Å². The summed E-state index contributed by atoms with van der Waals surface area (Å²) < 4.78 is 40.7. The zero-order valence-electron chi connectivity index (χ0n) is 21.6. The van der Waals surface area contributed by atoms with Gasteiger partial charge in [-0.3, -0.25) is 19.7 Å². The number of halogens is 3. The molecule has 0 spiro atoms. The van der Waals surface area contributed by atoms with Gasteiger partial charge >= 0.3 is 6.18 Å². The Morgan fingerprint density at radius 3 is 2.56 bits per heavy atom. The molecular weight excluding hydrogens is 509 g/mol. The molecule has 0 amide bonds. The largest absolute Gasteiger partial charge is 0.416 e. The lowest BCUT2D eigenvalue weighted by atomic mass is 10.1. The van der Waals surface area contributed by atoms with E-state index in [2.05, 4.69) is 42.0 Å². The lowest BCUT2D eigenvalue weighted by Crippen LogP contribution is -2.46. The second-order valence-electron chi connectivity index (χ2n) is 9.38. The van der Waals surface area contributed by atoms with Gasteiger partial charge in [-0.05, 0) is 43.3 Å². The van der Waals surface area contributed by atoms with Crippen LogP contribution >= 0.6 is 0 Å². The van der Waals surface area contributed by atoms with Gasteiger partial charge in [-0.2, -0.15) is 13.2 Å². The minimum absolute atomic E-state index is 0.159. The van der Waals surface area contributed by atoms with Crippen LogP contribution < -0.4 is 4.90 Å². The summed E-state index contributed by atoms with van der Waals surface area (Å²) in [6, 6.07) is 5.38. The van der Waals surface area contributed by atoms with Crippen molar-refractivity contribution in [2.24, 2.45) is 0 Å². The van der Waals surface area contributed by atoms with Gasteiger partial charge in [-0.15, -0.1) is 5.10 Å². The van der Waals surface area contributed by atoms with Gasteiger partial charge in [0.1, 0.15) is 11.4 Å². The van der Waals surface area contributed by atoms with E-state index in [1.54, 1.807) is 30.1 Å². The third-order valence-electron chi connectivity index (χ3n) is 6.80. The number of pyridine rings is 3. The van der Waals surface area contributed by atoms with Crippen LogP contribution in [0.1, 0.15) is 34.2 Å². The number of piperazine rings is 1. The lowest BCUT2D eigenvalue weighted by Gasteiger charge is -2.35. The van der Waals surface area contributed by atoms with E-state index in [1.165, 1.54) is 6.20 Å². The molecule has 1 aliphatic heterocycles. The molecule has 202 valence electrons. The van der Waals surface area contributed by atoms with Crippen molar-refractivity contribution in [2.75, 3.05) is 37.6 Å². The number of carbonyl (C=O) groups excluding carboxylic acids is 1. The van der Waals surface area contributed by atoms with Crippen molar-refractivity contribution >= 4 is 11.5 Å². The minimum atomic E-state index is -4.56. The molecule has 39 heavy (non-hydrogen) atoms. The first kappa shape index (κ1) is 26.4. The van der Waals surface area contributed by atoms with Gasteiger partial charge in [0.05, 0.1) is 35.0 Å². The van der Waals surface area contributed by atoms with Gasteiger partial charge in [-0.1, -0.05) is 12.1 Å². The molecule has 0 aliphatic carbocycles. The Hall–Kier alpha value is -4.19. The molecule has 5 heterocycles. The maximum atomic E-state index is 13.0. The fourth-order valence-corrected chi connectivity index (χ4v) is 4.50.